The van der Waals surface area contributed by atoms with E-state index in [0.29, 0.717) is 24.3 Å². The minimum absolute atomic E-state index is 0.0334. The van der Waals surface area contributed by atoms with E-state index in [-0.39, 0.29) is 17.7 Å². The molecule has 1 aromatic heterocycles. The first kappa shape index (κ1) is 8.52. The zero-order chi connectivity index (χ0) is 9.42. The van der Waals surface area contributed by atoms with E-state index >= 15 is 0 Å². The van der Waals surface area contributed by atoms with Crippen molar-refractivity contribution in [3.05, 3.63) is 21.7 Å². The number of nitrogens with one attached hydrogen (secondary N) is 2. The third kappa shape index (κ3) is 1.40. The molecule has 0 saturated carbocycles. The van der Waals surface area contributed by atoms with Gasteiger partial charge in [-0.3, -0.25) is 4.79 Å². The van der Waals surface area contributed by atoms with Gasteiger partial charge in [-0.2, -0.15) is 5.16 Å². The molecule has 0 radical (unpaired) electrons. The number of aromatic amines is 1. The van der Waals surface area contributed by atoms with Gasteiger partial charge in [0.05, 0.1) is 17.7 Å². The molecule has 0 bridgehead atoms. The van der Waals surface area contributed by atoms with E-state index in [9.17, 15) is 9.90 Å². The molecule has 3 N–H and O–H groups in total. The van der Waals surface area contributed by atoms with Gasteiger partial charge in [0.2, 0.25) is 0 Å². The number of hydrogen-bond donors (Lipinski definition) is 3. The van der Waals surface area contributed by atoms with Gasteiger partial charge < -0.3 is 14.9 Å². The number of hydrogen-bond acceptors (Lipinski definition) is 4. The maximum atomic E-state index is 11.0. The Bertz CT molecular complexity index is 355. The summed E-state index contributed by atoms with van der Waals surface area (Å²) >= 11 is 0. The summed E-state index contributed by atoms with van der Waals surface area (Å²) in [7, 11) is 0. The molecule has 2 heterocycles. The van der Waals surface area contributed by atoms with Crippen molar-refractivity contribution in [2.24, 2.45) is 0 Å². The van der Waals surface area contributed by atoms with Crippen molar-refractivity contribution in [1.82, 2.24) is 10.5 Å². The Morgan fingerprint density at radius 3 is 2.85 bits per heavy atom. The standard InChI is InChI=1S/C8H12N2O3/c1-4-7(13-10-8(4)12)6-2-5(11)3-9-6/h5-6,9,11H,2-3H2,1H3,(H,10,12). The smallest absolute Gasteiger partial charge is 0.283 e. The highest BCUT2D eigenvalue weighted by Crippen LogP contribution is 2.23. The predicted octanol–water partition coefficient (Wildman–Crippen LogP) is -0.328. The predicted molar refractivity (Wildman–Crippen MR) is 45.4 cm³/mol. The summed E-state index contributed by atoms with van der Waals surface area (Å²) in [5.41, 5.74) is 0.393. The van der Waals surface area contributed by atoms with Gasteiger partial charge in [-0.15, -0.1) is 0 Å². The van der Waals surface area contributed by atoms with Gasteiger partial charge in [-0.05, 0) is 13.3 Å². The third-order valence-electron chi connectivity index (χ3n) is 2.39. The summed E-state index contributed by atoms with van der Waals surface area (Å²) in [6.45, 7) is 2.27. The van der Waals surface area contributed by atoms with Crippen LogP contribution in [0, 0.1) is 6.92 Å². The first-order chi connectivity index (χ1) is 6.18. The van der Waals surface area contributed by atoms with Crippen molar-refractivity contribution in [3.63, 3.8) is 0 Å². The van der Waals surface area contributed by atoms with E-state index < -0.39 is 0 Å². The van der Waals surface area contributed by atoms with Crippen LogP contribution in [0.2, 0.25) is 0 Å². The van der Waals surface area contributed by atoms with Crippen LogP contribution in [0.15, 0.2) is 9.32 Å². The molecule has 13 heavy (non-hydrogen) atoms. The van der Waals surface area contributed by atoms with Crippen LogP contribution in [0.3, 0.4) is 0 Å². The Balaban J connectivity index is 2.26. The molecule has 1 fully saturated rings. The lowest BCUT2D eigenvalue weighted by molar-refractivity contribution is 0.191. The molecule has 0 spiro atoms. The average molecular weight is 184 g/mol. The van der Waals surface area contributed by atoms with Crippen LogP contribution >= 0.6 is 0 Å². The second kappa shape index (κ2) is 3.01. The van der Waals surface area contributed by atoms with E-state index in [4.69, 9.17) is 4.52 Å². The summed E-state index contributed by atoms with van der Waals surface area (Å²) in [6, 6.07) is -0.0334. The van der Waals surface area contributed by atoms with Crippen LogP contribution in [0.5, 0.6) is 0 Å². The minimum atomic E-state index is -0.343. The van der Waals surface area contributed by atoms with Gasteiger partial charge in [-0.1, -0.05) is 0 Å². The molecule has 1 saturated heterocycles. The van der Waals surface area contributed by atoms with Crippen LogP contribution in [0.1, 0.15) is 23.8 Å². The van der Waals surface area contributed by atoms with Crippen LogP contribution in [0.25, 0.3) is 0 Å². The fourth-order valence-electron chi connectivity index (χ4n) is 1.62. The van der Waals surface area contributed by atoms with Crippen molar-refractivity contribution >= 4 is 0 Å². The quantitative estimate of drug-likeness (QED) is 0.558. The number of H-pyrrole nitrogens is 1. The maximum Gasteiger partial charge on any atom is 0.283 e. The molecule has 0 amide bonds. The highest BCUT2D eigenvalue weighted by atomic mass is 16.5. The Morgan fingerprint density at radius 2 is 2.38 bits per heavy atom. The second-order valence-electron chi connectivity index (χ2n) is 3.37. The largest absolute Gasteiger partial charge is 0.392 e. The average Bonchev–Trinajstić information content (AvgIpc) is 2.62. The van der Waals surface area contributed by atoms with Crippen molar-refractivity contribution in [3.8, 4) is 0 Å². The van der Waals surface area contributed by atoms with Crippen molar-refractivity contribution < 1.29 is 9.63 Å². The van der Waals surface area contributed by atoms with Crippen LogP contribution in [0.4, 0.5) is 0 Å². The Hall–Kier alpha value is -1.07. The molecule has 2 rings (SSSR count). The summed E-state index contributed by atoms with van der Waals surface area (Å²) in [4.78, 5) is 11.0. The topological polar surface area (TPSA) is 78.3 Å². The van der Waals surface area contributed by atoms with Gasteiger partial charge in [-0.25, -0.2) is 0 Å². The molecule has 1 aliphatic heterocycles. The molecule has 1 aromatic rings. The van der Waals surface area contributed by atoms with Gasteiger partial charge in [0.1, 0.15) is 0 Å². The Kier molecular flexibility index (Phi) is 1.97. The van der Waals surface area contributed by atoms with Crippen molar-refractivity contribution in [2.45, 2.75) is 25.5 Å². The number of aliphatic hydroxyl groups excluding tert-OH is 1. The zero-order valence-corrected chi connectivity index (χ0v) is 7.33. The SMILES string of the molecule is Cc1c(C2CC(O)CN2)o[nH]c1=O. The van der Waals surface area contributed by atoms with Crippen LogP contribution < -0.4 is 10.9 Å². The number of β-amino-alcohol motifs (C(OH)–C–C–N with tert-alkyl or cyclic N) is 1. The number of rotatable bonds is 1. The molecule has 1 aliphatic rings. The lowest BCUT2D eigenvalue weighted by Crippen LogP contribution is -2.15. The Labute approximate surface area is 74.7 Å². The van der Waals surface area contributed by atoms with Gasteiger partial charge in [0, 0.05) is 6.54 Å². The van der Waals surface area contributed by atoms with Crippen molar-refractivity contribution in [1.29, 1.82) is 0 Å². The maximum absolute atomic E-state index is 11.0. The van der Waals surface area contributed by atoms with E-state index in [1.165, 1.54) is 0 Å². The molecule has 2 atom stereocenters. The third-order valence-corrected chi connectivity index (χ3v) is 2.39. The highest BCUT2D eigenvalue weighted by molar-refractivity contribution is 5.16. The van der Waals surface area contributed by atoms with E-state index in [0.717, 1.165) is 0 Å². The van der Waals surface area contributed by atoms with E-state index in [1.807, 2.05) is 0 Å². The fourth-order valence-corrected chi connectivity index (χ4v) is 1.62. The molecular weight excluding hydrogens is 172 g/mol. The number of aromatic nitrogens is 1. The highest BCUT2D eigenvalue weighted by Gasteiger charge is 2.28. The van der Waals surface area contributed by atoms with Crippen LogP contribution in [-0.2, 0) is 0 Å². The van der Waals surface area contributed by atoms with Crippen molar-refractivity contribution in [2.75, 3.05) is 6.54 Å². The first-order valence-electron chi connectivity index (χ1n) is 4.28. The normalized spacial score (nSPS) is 28.2. The molecule has 2 unspecified atom stereocenters. The first-order valence-corrected chi connectivity index (χ1v) is 4.28. The summed E-state index contributed by atoms with van der Waals surface area (Å²) < 4.78 is 5.02. The number of aliphatic hydroxyl groups is 1. The van der Waals surface area contributed by atoms with Gasteiger partial charge >= 0.3 is 0 Å². The molecule has 0 aromatic carbocycles. The molecule has 0 aliphatic carbocycles. The minimum Gasteiger partial charge on any atom is -0.392 e. The lowest BCUT2D eigenvalue weighted by atomic mass is 10.1. The van der Waals surface area contributed by atoms with E-state index in [2.05, 4.69) is 10.5 Å². The fraction of sp³-hybridized carbons (Fsp3) is 0.625. The van der Waals surface area contributed by atoms with Gasteiger partial charge in [0.25, 0.3) is 5.56 Å². The zero-order valence-electron chi connectivity index (χ0n) is 7.33. The second-order valence-corrected chi connectivity index (χ2v) is 3.37. The van der Waals surface area contributed by atoms with E-state index in [1.54, 1.807) is 6.92 Å². The monoisotopic (exact) mass is 184 g/mol. The van der Waals surface area contributed by atoms with Crippen LogP contribution in [-0.4, -0.2) is 22.9 Å². The summed E-state index contributed by atoms with van der Waals surface area (Å²) in [6.07, 6.45) is 0.256. The lowest BCUT2D eigenvalue weighted by Gasteiger charge is -2.04. The summed E-state index contributed by atoms with van der Waals surface area (Å²) in [5.74, 6) is 0.613. The van der Waals surface area contributed by atoms with Gasteiger partial charge in [0.15, 0.2) is 5.76 Å². The summed E-state index contributed by atoms with van der Waals surface area (Å²) in [5, 5.41) is 14.6. The molecular formula is C8H12N2O3. The Morgan fingerprint density at radius 1 is 1.62 bits per heavy atom. The molecule has 5 heteroatoms. The molecule has 5 nitrogen and oxygen atoms in total. The molecule has 72 valence electrons.